The molecule has 342 valence electrons. The lowest BCUT2D eigenvalue weighted by atomic mass is 10.0. The second kappa shape index (κ2) is 48.0. The molecule has 0 saturated carbocycles. The molecule has 0 aliphatic heterocycles. The fourth-order valence-electron chi connectivity index (χ4n) is 7.74. The van der Waals surface area contributed by atoms with Crippen molar-refractivity contribution in [2.24, 2.45) is 0 Å². The number of amides is 1. The minimum atomic E-state index is -0.859. The summed E-state index contributed by atoms with van der Waals surface area (Å²) in [5, 5.41) is 23.1. The molecule has 1 amide bonds. The van der Waals surface area contributed by atoms with Gasteiger partial charge in [0.15, 0.2) is 0 Å². The van der Waals surface area contributed by atoms with E-state index >= 15 is 0 Å². The van der Waals surface area contributed by atoms with Gasteiger partial charge in [-0.05, 0) is 57.8 Å². The van der Waals surface area contributed by atoms with Crippen molar-refractivity contribution < 1.29 is 24.5 Å². The lowest BCUT2D eigenvalue weighted by Gasteiger charge is -2.20. The fourth-order valence-corrected chi connectivity index (χ4v) is 7.74. The Morgan fingerprint density at radius 1 is 0.466 bits per heavy atom. The van der Waals surface area contributed by atoms with Crippen LogP contribution in [0.15, 0.2) is 24.3 Å². The smallest absolute Gasteiger partial charge is 0.305 e. The molecule has 2 atom stereocenters. The molecule has 0 aromatic rings. The minimum absolute atomic E-state index is 0.0301. The molecule has 0 rings (SSSR count). The standard InChI is InChI=1S/C52H99NO5/c1-3-5-7-9-11-13-15-17-18-19-20-21-23-24-28-32-36-40-44-50(55)49(48-54)53-51(56)45-41-37-33-29-26-27-31-35-39-43-47-58-52(57)46-42-38-34-30-25-22-16-14-12-10-8-6-4-2/h14,16,40,44,49-50,54-55H,3-13,15,17-39,41-43,45-48H2,1-2H3,(H,53,56)/b16-14-,44-40+. The van der Waals surface area contributed by atoms with Crippen LogP contribution in [0.4, 0.5) is 0 Å². The zero-order valence-electron chi connectivity index (χ0n) is 38.8. The van der Waals surface area contributed by atoms with Crippen LogP contribution in [0.1, 0.15) is 271 Å². The predicted octanol–water partition coefficient (Wildman–Crippen LogP) is 15.1. The molecule has 0 bridgehead atoms. The Kier molecular flexibility index (Phi) is 46.6. The number of allylic oxidation sites excluding steroid dienone is 3. The number of aliphatic hydroxyl groups excluding tert-OH is 2. The molecule has 0 heterocycles. The highest BCUT2D eigenvalue weighted by Gasteiger charge is 2.18. The van der Waals surface area contributed by atoms with Gasteiger partial charge in [-0.2, -0.15) is 0 Å². The van der Waals surface area contributed by atoms with E-state index in [-0.39, 0.29) is 18.5 Å². The average molecular weight is 818 g/mol. The average Bonchev–Trinajstić information content (AvgIpc) is 3.22. The number of carbonyl (C=O) groups is 2. The summed E-state index contributed by atoms with van der Waals surface area (Å²) >= 11 is 0. The Morgan fingerprint density at radius 2 is 0.810 bits per heavy atom. The van der Waals surface area contributed by atoms with Crippen molar-refractivity contribution in [3.8, 4) is 0 Å². The number of aliphatic hydroxyl groups is 2. The van der Waals surface area contributed by atoms with E-state index in [0.29, 0.717) is 19.4 Å². The highest BCUT2D eigenvalue weighted by atomic mass is 16.5. The first-order chi connectivity index (χ1) is 28.5. The summed E-state index contributed by atoms with van der Waals surface area (Å²) in [4.78, 5) is 24.4. The van der Waals surface area contributed by atoms with Gasteiger partial charge in [-0.3, -0.25) is 9.59 Å². The van der Waals surface area contributed by atoms with Crippen molar-refractivity contribution in [2.75, 3.05) is 13.2 Å². The molecule has 0 fully saturated rings. The Bertz CT molecular complexity index is 904. The number of carbonyl (C=O) groups excluding carboxylic acids is 2. The molecule has 2 unspecified atom stereocenters. The number of ether oxygens (including phenoxy) is 1. The van der Waals surface area contributed by atoms with Crippen LogP contribution in [0.3, 0.4) is 0 Å². The number of nitrogens with one attached hydrogen (secondary N) is 1. The number of hydrogen-bond acceptors (Lipinski definition) is 5. The van der Waals surface area contributed by atoms with Crippen LogP contribution in [0, 0.1) is 0 Å². The monoisotopic (exact) mass is 818 g/mol. The highest BCUT2D eigenvalue weighted by molar-refractivity contribution is 5.76. The SMILES string of the molecule is CCCCCC/C=C\CCCCCCCC(=O)OCCCCCCCCCCCCC(=O)NC(CO)C(O)/C=C/CCCCCCCCCCCCCCCCCC. The molecule has 0 spiro atoms. The van der Waals surface area contributed by atoms with E-state index in [1.165, 1.54) is 186 Å². The van der Waals surface area contributed by atoms with Crippen molar-refractivity contribution in [3.63, 3.8) is 0 Å². The van der Waals surface area contributed by atoms with E-state index in [0.717, 1.165) is 57.8 Å². The summed E-state index contributed by atoms with van der Waals surface area (Å²) in [6, 6.07) is -0.645. The third-order valence-electron chi connectivity index (χ3n) is 11.7. The van der Waals surface area contributed by atoms with Crippen LogP contribution < -0.4 is 5.32 Å². The van der Waals surface area contributed by atoms with Crippen LogP contribution in [0.25, 0.3) is 0 Å². The van der Waals surface area contributed by atoms with Crippen molar-refractivity contribution in [1.29, 1.82) is 0 Å². The maximum atomic E-state index is 12.4. The van der Waals surface area contributed by atoms with E-state index in [9.17, 15) is 19.8 Å². The normalized spacial score (nSPS) is 12.8. The summed E-state index contributed by atoms with van der Waals surface area (Å²) in [5.41, 5.74) is 0. The van der Waals surface area contributed by atoms with Crippen molar-refractivity contribution in [2.45, 2.75) is 283 Å². The van der Waals surface area contributed by atoms with Crippen molar-refractivity contribution in [1.82, 2.24) is 5.32 Å². The Balaban J connectivity index is 3.53. The molecule has 0 saturated heterocycles. The maximum absolute atomic E-state index is 12.4. The largest absolute Gasteiger partial charge is 0.466 e. The van der Waals surface area contributed by atoms with Gasteiger partial charge in [-0.1, -0.05) is 224 Å². The first-order valence-electron chi connectivity index (χ1n) is 25.6. The predicted molar refractivity (Wildman–Crippen MR) is 250 cm³/mol. The van der Waals surface area contributed by atoms with Crippen LogP contribution in [-0.4, -0.2) is 47.4 Å². The molecule has 0 aliphatic rings. The Labute approximate surface area is 361 Å². The second-order valence-corrected chi connectivity index (χ2v) is 17.5. The number of esters is 1. The molecule has 0 radical (unpaired) electrons. The topological polar surface area (TPSA) is 95.9 Å². The second-order valence-electron chi connectivity index (χ2n) is 17.5. The van der Waals surface area contributed by atoms with Crippen molar-refractivity contribution >= 4 is 11.9 Å². The summed E-state index contributed by atoms with van der Waals surface area (Å²) in [7, 11) is 0. The van der Waals surface area contributed by atoms with Gasteiger partial charge in [0.2, 0.25) is 5.91 Å². The third-order valence-corrected chi connectivity index (χ3v) is 11.7. The first-order valence-corrected chi connectivity index (χ1v) is 25.6. The lowest BCUT2D eigenvalue weighted by Crippen LogP contribution is -2.45. The summed E-state index contributed by atoms with van der Waals surface area (Å²) in [5.74, 6) is -0.120. The number of unbranched alkanes of at least 4 members (excludes halogenated alkanes) is 34. The van der Waals surface area contributed by atoms with E-state index in [1.807, 2.05) is 6.08 Å². The van der Waals surface area contributed by atoms with Crippen LogP contribution in [0.2, 0.25) is 0 Å². The number of rotatable bonds is 47. The van der Waals surface area contributed by atoms with Crippen molar-refractivity contribution in [3.05, 3.63) is 24.3 Å². The zero-order chi connectivity index (χ0) is 42.3. The first kappa shape index (κ1) is 56.3. The molecule has 0 aromatic heterocycles. The van der Waals surface area contributed by atoms with E-state index in [4.69, 9.17) is 4.74 Å². The zero-order valence-corrected chi connectivity index (χ0v) is 38.8. The maximum Gasteiger partial charge on any atom is 0.305 e. The summed E-state index contributed by atoms with van der Waals surface area (Å²) < 4.78 is 5.44. The lowest BCUT2D eigenvalue weighted by molar-refractivity contribution is -0.143. The Morgan fingerprint density at radius 3 is 1.24 bits per heavy atom. The van der Waals surface area contributed by atoms with Gasteiger partial charge in [-0.25, -0.2) is 0 Å². The summed E-state index contributed by atoms with van der Waals surface area (Å²) in [6.07, 6.45) is 56.0. The van der Waals surface area contributed by atoms with E-state index < -0.39 is 12.1 Å². The molecular formula is C52H99NO5. The van der Waals surface area contributed by atoms with E-state index in [2.05, 4.69) is 31.3 Å². The van der Waals surface area contributed by atoms with Crippen LogP contribution in [-0.2, 0) is 14.3 Å². The van der Waals surface area contributed by atoms with Crippen LogP contribution in [0.5, 0.6) is 0 Å². The van der Waals surface area contributed by atoms with Gasteiger partial charge < -0.3 is 20.3 Å². The van der Waals surface area contributed by atoms with Gasteiger partial charge in [0.05, 0.1) is 25.4 Å². The van der Waals surface area contributed by atoms with Gasteiger partial charge in [0.25, 0.3) is 0 Å². The quantitative estimate of drug-likeness (QED) is 0.0323. The summed E-state index contributed by atoms with van der Waals surface area (Å²) in [6.45, 7) is 4.83. The van der Waals surface area contributed by atoms with E-state index in [1.54, 1.807) is 6.08 Å². The third kappa shape index (κ3) is 43.9. The fraction of sp³-hybridized carbons (Fsp3) is 0.885. The highest BCUT2D eigenvalue weighted by Crippen LogP contribution is 2.16. The molecule has 6 heteroatoms. The van der Waals surface area contributed by atoms with Gasteiger partial charge in [0.1, 0.15) is 0 Å². The molecule has 3 N–H and O–H groups in total. The van der Waals surface area contributed by atoms with Gasteiger partial charge in [0, 0.05) is 12.8 Å². The minimum Gasteiger partial charge on any atom is -0.466 e. The molecule has 6 nitrogen and oxygen atoms in total. The van der Waals surface area contributed by atoms with Crippen LogP contribution >= 0.6 is 0 Å². The van der Waals surface area contributed by atoms with Gasteiger partial charge in [-0.15, -0.1) is 0 Å². The molecular weight excluding hydrogens is 719 g/mol. The Hall–Kier alpha value is -1.66. The molecule has 58 heavy (non-hydrogen) atoms. The molecule has 0 aromatic carbocycles. The molecule has 0 aliphatic carbocycles. The van der Waals surface area contributed by atoms with Gasteiger partial charge >= 0.3 is 5.97 Å². The number of hydrogen-bond donors (Lipinski definition) is 3.